The molecular weight excluding hydrogens is 256 g/mol. The Morgan fingerprint density at radius 3 is 1.89 bits per heavy atom. The van der Waals surface area contributed by atoms with E-state index in [4.69, 9.17) is 21.7 Å². The number of unbranched alkanes of at least 4 members (excludes halogenated alkanes) is 1. The van der Waals surface area contributed by atoms with E-state index >= 15 is 0 Å². The molecule has 0 aliphatic carbocycles. The zero-order valence-electron chi connectivity index (χ0n) is 11.0. The molecule has 0 aliphatic heterocycles. The number of hydrogen-bond donors (Lipinski definition) is 4. The van der Waals surface area contributed by atoms with Crippen LogP contribution in [0.2, 0.25) is 0 Å². The Labute approximate surface area is 112 Å². The summed E-state index contributed by atoms with van der Waals surface area (Å²) >= 11 is 1.60. The van der Waals surface area contributed by atoms with Gasteiger partial charge in [0, 0.05) is 0 Å². The molecular formula is C11H24N2O4S. The van der Waals surface area contributed by atoms with Crippen LogP contribution in [-0.4, -0.2) is 46.2 Å². The van der Waals surface area contributed by atoms with Crippen LogP contribution in [0.4, 0.5) is 0 Å². The van der Waals surface area contributed by atoms with Crippen molar-refractivity contribution < 1.29 is 19.8 Å². The summed E-state index contributed by atoms with van der Waals surface area (Å²) in [5.41, 5.74) is 10.4. The molecule has 0 aromatic heterocycles. The van der Waals surface area contributed by atoms with Gasteiger partial charge >= 0.3 is 11.9 Å². The van der Waals surface area contributed by atoms with E-state index < -0.39 is 24.0 Å². The zero-order chi connectivity index (χ0) is 14.6. The lowest BCUT2D eigenvalue weighted by Gasteiger charge is -2.02. The van der Waals surface area contributed by atoms with Crippen LogP contribution in [0, 0.1) is 0 Å². The molecule has 0 fully saturated rings. The number of aliphatic carboxylic acids is 2. The number of hydrogen-bond acceptors (Lipinski definition) is 5. The van der Waals surface area contributed by atoms with Crippen molar-refractivity contribution in [3.8, 4) is 0 Å². The predicted molar refractivity (Wildman–Crippen MR) is 73.7 cm³/mol. The lowest BCUT2D eigenvalue weighted by Crippen LogP contribution is -2.30. The average molecular weight is 280 g/mol. The number of carbonyl (C=O) groups is 2. The van der Waals surface area contributed by atoms with Crippen molar-refractivity contribution in [2.24, 2.45) is 11.5 Å². The highest BCUT2D eigenvalue weighted by Crippen LogP contribution is 1.98. The van der Waals surface area contributed by atoms with E-state index in [0.29, 0.717) is 12.8 Å². The summed E-state index contributed by atoms with van der Waals surface area (Å²) in [6.07, 6.45) is 4.96. The summed E-state index contributed by atoms with van der Waals surface area (Å²) < 4.78 is 0. The lowest BCUT2D eigenvalue weighted by molar-refractivity contribution is -0.139. The standard InChI is InChI=1S/C6H13NO2.C5H11NO2S/c1-2-3-4-5(7)6(8)9;1-9-3-2-4(6)5(7)8/h5H,2-4,7H2,1H3,(H,8,9);4H,2-3,6H2,1H3,(H,7,8). The minimum Gasteiger partial charge on any atom is -0.480 e. The van der Waals surface area contributed by atoms with Crippen molar-refractivity contribution in [2.75, 3.05) is 12.0 Å². The highest BCUT2D eigenvalue weighted by Gasteiger charge is 2.09. The molecule has 0 spiro atoms. The van der Waals surface area contributed by atoms with E-state index in [1.54, 1.807) is 11.8 Å². The van der Waals surface area contributed by atoms with Crippen molar-refractivity contribution in [1.29, 1.82) is 0 Å². The predicted octanol–water partition coefficient (Wildman–Crippen LogP) is 0.740. The molecule has 0 saturated carbocycles. The molecule has 7 heteroatoms. The Morgan fingerprint density at radius 2 is 1.56 bits per heavy atom. The molecule has 0 rings (SSSR count). The first-order valence-corrected chi connectivity index (χ1v) is 7.21. The van der Waals surface area contributed by atoms with Gasteiger partial charge in [-0.25, -0.2) is 0 Å². The van der Waals surface area contributed by atoms with E-state index in [9.17, 15) is 9.59 Å². The van der Waals surface area contributed by atoms with Crippen LogP contribution < -0.4 is 11.5 Å². The van der Waals surface area contributed by atoms with Gasteiger partial charge in [0.05, 0.1) is 0 Å². The number of carboxylic acid groups (broad SMARTS) is 2. The third-order valence-electron chi connectivity index (χ3n) is 2.14. The summed E-state index contributed by atoms with van der Waals surface area (Å²) in [5, 5.41) is 16.6. The molecule has 0 saturated heterocycles. The summed E-state index contributed by atoms with van der Waals surface area (Å²) in [6.45, 7) is 2.01. The van der Waals surface area contributed by atoms with E-state index in [2.05, 4.69) is 0 Å². The number of thioether (sulfide) groups is 1. The topological polar surface area (TPSA) is 127 Å². The van der Waals surface area contributed by atoms with Gasteiger partial charge in [0.2, 0.25) is 0 Å². The largest absolute Gasteiger partial charge is 0.480 e. The quantitative estimate of drug-likeness (QED) is 0.516. The first-order valence-electron chi connectivity index (χ1n) is 5.82. The van der Waals surface area contributed by atoms with Gasteiger partial charge in [-0.3, -0.25) is 9.59 Å². The Morgan fingerprint density at radius 1 is 1.11 bits per heavy atom. The third kappa shape index (κ3) is 13.3. The molecule has 0 radical (unpaired) electrons. The summed E-state index contributed by atoms with van der Waals surface area (Å²) in [6, 6.07) is -1.35. The maximum atomic E-state index is 10.1. The molecule has 0 aliphatic rings. The molecule has 2 unspecified atom stereocenters. The fourth-order valence-electron chi connectivity index (χ4n) is 0.916. The number of carboxylic acids is 2. The van der Waals surface area contributed by atoms with E-state index in [1.165, 1.54) is 0 Å². The van der Waals surface area contributed by atoms with Gasteiger partial charge in [0.25, 0.3) is 0 Å². The summed E-state index contributed by atoms with van der Waals surface area (Å²) in [5.74, 6) is -1.000. The fraction of sp³-hybridized carbons (Fsp3) is 0.818. The molecule has 0 aromatic rings. The van der Waals surface area contributed by atoms with Gasteiger partial charge in [-0.15, -0.1) is 0 Å². The van der Waals surface area contributed by atoms with Gasteiger partial charge in [-0.05, 0) is 24.9 Å². The molecule has 0 aromatic carbocycles. The van der Waals surface area contributed by atoms with Gasteiger partial charge in [-0.1, -0.05) is 19.8 Å². The normalized spacial score (nSPS) is 13.1. The number of rotatable bonds is 8. The van der Waals surface area contributed by atoms with Crippen LogP contribution in [0.5, 0.6) is 0 Å². The van der Waals surface area contributed by atoms with Gasteiger partial charge in [-0.2, -0.15) is 11.8 Å². The molecule has 0 amide bonds. The van der Waals surface area contributed by atoms with Crippen LogP contribution in [0.15, 0.2) is 0 Å². The Bertz CT molecular complexity index is 215. The third-order valence-corrected chi connectivity index (χ3v) is 2.78. The molecule has 2 atom stereocenters. The SMILES string of the molecule is CCCCC(N)C(=O)O.CSCCC(N)C(=O)O. The van der Waals surface area contributed by atoms with Gasteiger partial charge in [0.1, 0.15) is 12.1 Å². The lowest BCUT2D eigenvalue weighted by atomic mass is 10.1. The van der Waals surface area contributed by atoms with Crippen LogP contribution in [0.3, 0.4) is 0 Å². The maximum absolute atomic E-state index is 10.1. The zero-order valence-corrected chi connectivity index (χ0v) is 11.8. The average Bonchev–Trinajstić information content (AvgIpc) is 2.33. The smallest absolute Gasteiger partial charge is 0.320 e. The first-order chi connectivity index (χ1) is 8.36. The van der Waals surface area contributed by atoms with Crippen molar-refractivity contribution in [3.63, 3.8) is 0 Å². The molecule has 6 nitrogen and oxygen atoms in total. The van der Waals surface area contributed by atoms with Crippen LogP contribution in [-0.2, 0) is 9.59 Å². The van der Waals surface area contributed by atoms with Crippen molar-refractivity contribution in [1.82, 2.24) is 0 Å². The van der Waals surface area contributed by atoms with Crippen LogP contribution >= 0.6 is 11.8 Å². The monoisotopic (exact) mass is 280 g/mol. The van der Waals surface area contributed by atoms with Crippen molar-refractivity contribution >= 4 is 23.7 Å². The Hall–Kier alpha value is -0.790. The van der Waals surface area contributed by atoms with Crippen LogP contribution in [0.1, 0.15) is 32.6 Å². The molecule has 0 heterocycles. The second-order valence-electron chi connectivity index (χ2n) is 3.81. The Kier molecular flexibility index (Phi) is 13.7. The van der Waals surface area contributed by atoms with Crippen molar-refractivity contribution in [2.45, 2.75) is 44.7 Å². The molecule has 18 heavy (non-hydrogen) atoms. The fourth-order valence-corrected chi connectivity index (χ4v) is 1.41. The van der Waals surface area contributed by atoms with E-state index in [1.807, 2.05) is 13.2 Å². The molecule has 0 bridgehead atoms. The first kappa shape index (κ1) is 19.5. The van der Waals surface area contributed by atoms with Gasteiger partial charge in [0.15, 0.2) is 0 Å². The van der Waals surface area contributed by atoms with Crippen molar-refractivity contribution in [3.05, 3.63) is 0 Å². The highest BCUT2D eigenvalue weighted by molar-refractivity contribution is 7.98. The summed E-state index contributed by atoms with van der Waals surface area (Å²) in [4.78, 5) is 20.2. The minimum atomic E-state index is -0.913. The van der Waals surface area contributed by atoms with E-state index in [0.717, 1.165) is 18.6 Å². The maximum Gasteiger partial charge on any atom is 0.320 e. The second kappa shape index (κ2) is 12.7. The van der Waals surface area contributed by atoms with E-state index in [-0.39, 0.29) is 0 Å². The second-order valence-corrected chi connectivity index (χ2v) is 4.80. The number of nitrogens with two attached hydrogens (primary N) is 2. The molecule has 108 valence electrons. The van der Waals surface area contributed by atoms with Crippen LogP contribution in [0.25, 0.3) is 0 Å². The minimum absolute atomic E-state index is 0.552. The highest BCUT2D eigenvalue weighted by atomic mass is 32.2. The Balaban J connectivity index is 0. The summed E-state index contributed by atoms with van der Waals surface area (Å²) in [7, 11) is 0. The molecule has 6 N–H and O–H groups in total. The van der Waals surface area contributed by atoms with Gasteiger partial charge < -0.3 is 21.7 Å².